The van der Waals surface area contributed by atoms with Crippen LogP contribution in [0.15, 0.2) is 34.9 Å². The SMILES string of the molecule is CCc1cnc(CNc2snc3ccccc23)o1. The lowest BCUT2D eigenvalue weighted by Gasteiger charge is -1.99. The third-order valence-corrected chi connectivity index (χ3v) is 3.57. The van der Waals surface area contributed by atoms with Gasteiger partial charge in [-0.05, 0) is 23.7 Å². The molecule has 0 amide bonds. The van der Waals surface area contributed by atoms with E-state index < -0.39 is 0 Å². The normalized spacial score (nSPS) is 10.9. The second-order valence-corrected chi connectivity index (χ2v) is 4.73. The standard InChI is InChI=1S/C13H13N3OS/c1-2-9-7-14-12(17-9)8-15-13-10-5-3-4-6-11(10)16-18-13/h3-7,15H,2,8H2,1H3. The van der Waals surface area contributed by atoms with Crippen LogP contribution in [0, 0.1) is 0 Å². The van der Waals surface area contributed by atoms with Crippen LogP contribution in [-0.4, -0.2) is 9.36 Å². The first-order valence-corrected chi connectivity index (χ1v) is 6.66. The van der Waals surface area contributed by atoms with Gasteiger partial charge < -0.3 is 9.73 Å². The summed E-state index contributed by atoms with van der Waals surface area (Å²) >= 11 is 1.46. The molecule has 0 aliphatic carbocycles. The summed E-state index contributed by atoms with van der Waals surface area (Å²) in [7, 11) is 0. The Morgan fingerprint density at radius 2 is 2.22 bits per heavy atom. The number of fused-ring (bicyclic) bond motifs is 1. The van der Waals surface area contributed by atoms with Crippen molar-refractivity contribution >= 4 is 27.4 Å². The second kappa shape index (κ2) is 4.78. The maximum Gasteiger partial charge on any atom is 0.213 e. The van der Waals surface area contributed by atoms with Gasteiger partial charge in [0.15, 0.2) is 0 Å². The number of benzene rings is 1. The summed E-state index contributed by atoms with van der Waals surface area (Å²) in [6, 6.07) is 8.08. The number of hydrogen-bond donors (Lipinski definition) is 1. The van der Waals surface area contributed by atoms with E-state index in [0.29, 0.717) is 12.4 Å². The first kappa shape index (κ1) is 11.2. The van der Waals surface area contributed by atoms with Gasteiger partial charge in [-0.25, -0.2) is 4.98 Å². The summed E-state index contributed by atoms with van der Waals surface area (Å²) in [6.07, 6.45) is 2.65. The van der Waals surface area contributed by atoms with Gasteiger partial charge in [0.25, 0.3) is 0 Å². The first-order valence-electron chi connectivity index (χ1n) is 5.88. The molecule has 0 saturated heterocycles. The summed E-state index contributed by atoms with van der Waals surface area (Å²) in [5, 5.41) is 5.52. The van der Waals surface area contributed by atoms with Crippen LogP contribution >= 0.6 is 11.5 Å². The molecule has 92 valence electrons. The fourth-order valence-electron chi connectivity index (χ4n) is 1.77. The Hall–Kier alpha value is -1.88. The predicted molar refractivity (Wildman–Crippen MR) is 72.8 cm³/mol. The Morgan fingerprint density at radius 3 is 3.06 bits per heavy atom. The van der Waals surface area contributed by atoms with Crippen molar-refractivity contribution in [2.75, 3.05) is 5.32 Å². The zero-order chi connectivity index (χ0) is 12.4. The minimum atomic E-state index is 0.589. The highest BCUT2D eigenvalue weighted by atomic mass is 32.1. The van der Waals surface area contributed by atoms with Crippen molar-refractivity contribution in [1.29, 1.82) is 0 Å². The first-order chi connectivity index (χ1) is 8.86. The average molecular weight is 259 g/mol. The van der Waals surface area contributed by atoms with Gasteiger partial charge >= 0.3 is 0 Å². The maximum absolute atomic E-state index is 5.55. The summed E-state index contributed by atoms with van der Waals surface area (Å²) in [5.74, 6) is 1.63. The molecule has 18 heavy (non-hydrogen) atoms. The van der Waals surface area contributed by atoms with E-state index in [1.54, 1.807) is 6.20 Å². The maximum atomic E-state index is 5.55. The number of aromatic nitrogens is 2. The molecule has 0 unspecified atom stereocenters. The van der Waals surface area contributed by atoms with Crippen LogP contribution in [0.1, 0.15) is 18.6 Å². The van der Waals surface area contributed by atoms with Crippen LogP contribution in [0.4, 0.5) is 5.00 Å². The molecule has 1 aromatic carbocycles. The Bertz CT molecular complexity index is 659. The van der Waals surface area contributed by atoms with Crippen molar-refractivity contribution < 1.29 is 4.42 Å². The number of hydrogen-bond acceptors (Lipinski definition) is 5. The third-order valence-electron chi connectivity index (χ3n) is 2.73. The third kappa shape index (κ3) is 2.09. The summed E-state index contributed by atoms with van der Waals surface area (Å²) in [5.41, 5.74) is 1.02. The van der Waals surface area contributed by atoms with Gasteiger partial charge in [-0.1, -0.05) is 19.1 Å². The summed E-state index contributed by atoms with van der Waals surface area (Å²) in [6.45, 7) is 2.64. The van der Waals surface area contributed by atoms with E-state index in [0.717, 1.165) is 28.1 Å². The molecule has 0 spiro atoms. The van der Waals surface area contributed by atoms with Crippen LogP contribution in [0.5, 0.6) is 0 Å². The molecule has 1 N–H and O–H groups in total. The van der Waals surface area contributed by atoms with Gasteiger partial charge in [0.2, 0.25) is 5.89 Å². The van der Waals surface area contributed by atoms with Crippen molar-refractivity contribution in [3.05, 3.63) is 42.1 Å². The van der Waals surface area contributed by atoms with E-state index in [1.165, 1.54) is 11.5 Å². The number of aryl methyl sites for hydroxylation is 1. The van der Waals surface area contributed by atoms with E-state index in [4.69, 9.17) is 4.42 Å². The van der Waals surface area contributed by atoms with Crippen molar-refractivity contribution in [3.63, 3.8) is 0 Å². The molecule has 0 fully saturated rings. The molecule has 2 aromatic heterocycles. The molecule has 0 saturated carbocycles. The average Bonchev–Trinajstić information content (AvgIpc) is 3.03. The Kier molecular flexibility index (Phi) is 2.98. The van der Waals surface area contributed by atoms with E-state index >= 15 is 0 Å². The lowest BCUT2D eigenvalue weighted by molar-refractivity contribution is 0.466. The Balaban J connectivity index is 1.76. The molecular formula is C13H13N3OS. The van der Waals surface area contributed by atoms with Crippen molar-refractivity contribution in [2.45, 2.75) is 19.9 Å². The highest BCUT2D eigenvalue weighted by Crippen LogP contribution is 2.27. The van der Waals surface area contributed by atoms with E-state index in [9.17, 15) is 0 Å². The lowest BCUT2D eigenvalue weighted by Crippen LogP contribution is -1.97. The van der Waals surface area contributed by atoms with Crippen LogP contribution in [0.3, 0.4) is 0 Å². The van der Waals surface area contributed by atoms with E-state index in [2.05, 4.69) is 27.7 Å². The minimum absolute atomic E-state index is 0.589. The van der Waals surface area contributed by atoms with Crippen molar-refractivity contribution in [3.8, 4) is 0 Å². The molecule has 3 aromatic rings. The van der Waals surface area contributed by atoms with Gasteiger partial charge in [-0.15, -0.1) is 0 Å². The van der Waals surface area contributed by atoms with E-state index in [1.807, 2.05) is 18.2 Å². The molecule has 0 radical (unpaired) electrons. The fraction of sp³-hybridized carbons (Fsp3) is 0.231. The minimum Gasteiger partial charge on any atom is -0.444 e. The zero-order valence-corrected chi connectivity index (χ0v) is 10.8. The predicted octanol–water partition coefficient (Wildman–Crippen LogP) is 3.46. The van der Waals surface area contributed by atoms with Crippen molar-refractivity contribution in [2.24, 2.45) is 0 Å². The quantitative estimate of drug-likeness (QED) is 0.779. The summed E-state index contributed by atoms with van der Waals surface area (Å²) in [4.78, 5) is 4.22. The molecule has 5 heteroatoms. The van der Waals surface area contributed by atoms with Crippen molar-refractivity contribution in [1.82, 2.24) is 9.36 Å². The molecule has 3 rings (SSSR count). The van der Waals surface area contributed by atoms with Gasteiger partial charge in [-0.3, -0.25) is 0 Å². The number of nitrogens with one attached hydrogen (secondary N) is 1. The van der Waals surface area contributed by atoms with E-state index in [-0.39, 0.29) is 0 Å². The smallest absolute Gasteiger partial charge is 0.213 e. The number of anilines is 1. The lowest BCUT2D eigenvalue weighted by atomic mass is 10.2. The number of nitrogens with zero attached hydrogens (tertiary/aromatic N) is 2. The van der Waals surface area contributed by atoms with Gasteiger partial charge in [-0.2, -0.15) is 4.37 Å². The number of oxazole rings is 1. The molecule has 0 atom stereocenters. The molecule has 0 bridgehead atoms. The molecule has 2 heterocycles. The largest absolute Gasteiger partial charge is 0.444 e. The zero-order valence-electron chi connectivity index (χ0n) is 10.0. The van der Waals surface area contributed by atoms with Gasteiger partial charge in [0.1, 0.15) is 10.8 Å². The van der Waals surface area contributed by atoms with Crippen LogP contribution < -0.4 is 5.32 Å². The highest BCUT2D eigenvalue weighted by molar-refractivity contribution is 7.11. The number of rotatable bonds is 4. The fourth-order valence-corrected chi connectivity index (χ4v) is 2.52. The summed E-state index contributed by atoms with van der Waals surface area (Å²) < 4.78 is 9.93. The van der Waals surface area contributed by atoms with Crippen LogP contribution in [0.2, 0.25) is 0 Å². The molecular weight excluding hydrogens is 246 g/mol. The molecule has 0 aliphatic heterocycles. The second-order valence-electron chi connectivity index (χ2n) is 3.96. The molecule has 0 aliphatic rings. The topological polar surface area (TPSA) is 51.0 Å². The van der Waals surface area contributed by atoms with Gasteiger partial charge in [0, 0.05) is 11.8 Å². The van der Waals surface area contributed by atoms with Crippen LogP contribution in [-0.2, 0) is 13.0 Å². The Morgan fingerprint density at radius 1 is 1.33 bits per heavy atom. The van der Waals surface area contributed by atoms with Gasteiger partial charge in [0.05, 0.1) is 18.3 Å². The Labute approximate surface area is 109 Å². The van der Waals surface area contributed by atoms with Crippen LogP contribution in [0.25, 0.3) is 10.9 Å². The monoisotopic (exact) mass is 259 g/mol. The molecule has 4 nitrogen and oxygen atoms in total. The highest BCUT2D eigenvalue weighted by Gasteiger charge is 2.06.